The van der Waals surface area contributed by atoms with Crippen molar-refractivity contribution in [1.29, 1.82) is 0 Å². The topological polar surface area (TPSA) is 161 Å². The second kappa shape index (κ2) is 12.4. The lowest BCUT2D eigenvalue weighted by Crippen LogP contribution is -2.55. The van der Waals surface area contributed by atoms with E-state index in [9.17, 15) is 22.8 Å². The highest BCUT2D eigenvalue weighted by Crippen LogP contribution is 2.38. The molecule has 45 heavy (non-hydrogen) atoms. The number of sulfone groups is 1. The summed E-state index contributed by atoms with van der Waals surface area (Å²) in [6.07, 6.45) is -0.875. The van der Waals surface area contributed by atoms with E-state index >= 15 is 4.39 Å². The minimum Gasteiger partial charge on any atom is -0.444 e. The van der Waals surface area contributed by atoms with Gasteiger partial charge in [-0.1, -0.05) is 44.5 Å². The molecule has 3 aromatic rings. The molecule has 2 aromatic carbocycles. The van der Waals surface area contributed by atoms with Crippen LogP contribution in [0.25, 0.3) is 11.5 Å². The van der Waals surface area contributed by atoms with Crippen molar-refractivity contribution in [3.63, 3.8) is 0 Å². The number of ether oxygens (including phenoxy) is 1. The summed E-state index contributed by atoms with van der Waals surface area (Å²) in [5, 5.41) is 13.2. The molecule has 2 N–H and O–H groups in total. The van der Waals surface area contributed by atoms with Gasteiger partial charge in [-0.2, -0.15) is 0 Å². The highest BCUT2D eigenvalue weighted by Gasteiger charge is 2.40. The summed E-state index contributed by atoms with van der Waals surface area (Å²) in [6.45, 7) is 11.6. The molecule has 0 saturated carbocycles. The number of benzene rings is 2. The van der Waals surface area contributed by atoms with Gasteiger partial charge >= 0.3 is 6.09 Å². The number of hydrogen-bond acceptors (Lipinski definition) is 9. The molecule has 2 heterocycles. The van der Waals surface area contributed by atoms with E-state index in [2.05, 4.69) is 20.8 Å². The van der Waals surface area contributed by atoms with Crippen LogP contribution in [-0.4, -0.2) is 60.0 Å². The zero-order valence-electron chi connectivity index (χ0n) is 25.9. The van der Waals surface area contributed by atoms with Crippen LogP contribution in [0, 0.1) is 5.82 Å². The van der Waals surface area contributed by atoms with E-state index in [0.717, 1.165) is 11.0 Å². The van der Waals surface area contributed by atoms with Gasteiger partial charge < -0.3 is 24.7 Å². The predicted molar refractivity (Wildman–Crippen MR) is 164 cm³/mol. The Bertz CT molecular complexity index is 1730. The number of nitrogens with zero attached hydrogens (tertiary/aromatic N) is 3. The fourth-order valence-electron chi connectivity index (χ4n) is 4.38. The number of rotatable bonds is 6. The van der Waals surface area contributed by atoms with E-state index in [4.69, 9.17) is 20.8 Å². The van der Waals surface area contributed by atoms with Crippen molar-refractivity contribution in [2.45, 2.75) is 83.0 Å². The second-order valence-corrected chi connectivity index (χ2v) is 15.2. The van der Waals surface area contributed by atoms with Crippen molar-refractivity contribution < 1.29 is 36.3 Å². The summed E-state index contributed by atoms with van der Waals surface area (Å²) in [7, 11) is -4.37. The number of amides is 3. The zero-order chi connectivity index (χ0) is 33.5. The Morgan fingerprint density at radius 3 is 2.36 bits per heavy atom. The standard InChI is InChI=1S/C30H35ClFN5O7S/c1-16(33-28(40)44-30(5,6)7)24(38)34-21-15-45(41,42)23-13-20(32)19(25-35-36-27(43-25)29(2,3)4)12-22(23)37(26(21)39)14-17-8-10-18(31)11-9-17/h8-13,16,21H,14-15H2,1-7H3,(H,33,40)(H,34,38)/t16-,21-/m0/s1. The van der Waals surface area contributed by atoms with Crippen LogP contribution in [0.3, 0.4) is 0 Å². The molecule has 0 spiro atoms. The number of nitrogens with one attached hydrogen (secondary N) is 2. The largest absolute Gasteiger partial charge is 0.444 e. The monoisotopic (exact) mass is 663 g/mol. The molecule has 1 aliphatic heterocycles. The summed E-state index contributed by atoms with van der Waals surface area (Å²) in [5.41, 5.74) is -1.16. The third-order valence-electron chi connectivity index (χ3n) is 6.62. The molecule has 15 heteroatoms. The smallest absolute Gasteiger partial charge is 0.408 e. The summed E-state index contributed by atoms with van der Waals surface area (Å²) in [4.78, 5) is 40.0. The quantitative estimate of drug-likeness (QED) is 0.386. The van der Waals surface area contributed by atoms with Crippen LogP contribution >= 0.6 is 11.6 Å². The third-order valence-corrected chi connectivity index (χ3v) is 8.64. The number of alkyl carbamates (subject to hydrolysis) is 1. The molecule has 0 unspecified atom stereocenters. The second-order valence-electron chi connectivity index (χ2n) is 12.7. The van der Waals surface area contributed by atoms with Crippen LogP contribution in [0.2, 0.25) is 5.02 Å². The average Bonchev–Trinajstić information content (AvgIpc) is 3.39. The van der Waals surface area contributed by atoms with Crippen LogP contribution < -0.4 is 15.5 Å². The lowest BCUT2D eigenvalue weighted by Gasteiger charge is -2.27. The van der Waals surface area contributed by atoms with E-state index in [1.165, 1.54) is 13.0 Å². The first-order chi connectivity index (χ1) is 20.7. The molecule has 0 bridgehead atoms. The number of halogens is 2. The number of anilines is 1. The normalized spacial score (nSPS) is 17.2. The summed E-state index contributed by atoms with van der Waals surface area (Å²) in [6, 6.07) is 5.69. The van der Waals surface area contributed by atoms with Gasteiger partial charge in [-0.3, -0.25) is 9.59 Å². The summed E-state index contributed by atoms with van der Waals surface area (Å²) in [5.74, 6) is -3.42. The Morgan fingerprint density at radius 1 is 1.13 bits per heavy atom. The molecule has 1 aliphatic rings. The van der Waals surface area contributed by atoms with Crippen LogP contribution in [-0.2, 0) is 36.1 Å². The fourth-order valence-corrected chi connectivity index (χ4v) is 6.12. The fraction of sp³-hybridized carbons (Fsp3) is 0.433. The average molecular weight is 664 g/mol. The van der Waals surface area contributed by atoms with Crippen molar-refractivity contribution in [2.75, 3.05) is 10.7 Å². The predicted octanol–water partition coefficient (Wildman–Crippen LogP) is 4.55. The molecular formula is C30H35ClFN5O7S. The van der Waals surface area contributed by atoms with Gasteiger partial charge in [-0.15, -0.1) is 10.2 Å². The van der Waals surface area contributed by atoms with Crippen molar-refractivity contribution >= 4 is 45.0 Å². The van der Waals surface area contributed by atoms with Gasteiger partial charge in [0.05, 0.1) is 28.4 Å². The van der Waals surface area contributed by atoms with Gasteiger partial charge in [0, 0.05) is 10.4 Å². The first kappa shape index (κ1) is 33.8. The van der Waals surface area contributed by atoms with Gasteiger partial charge in [0.2, 0.25) is 11.8 Å². The Balaban J connectivity index is 1.76. The highest BCUT2D eigenvalue weighted by atomic mass is 35.5. The van der Waals surface area contributed by atoms with E-state index in [0.29, 0.717) is 10.6 Å². The van der Waals surface area contributed by atoms with Crippen molar-refractivity contribution in [3.05, 3.63) is 58.7 Å². The Kier molecular flexibility index (Phi) is 9.32. The molecular weight excluding hydrogens is 629 g/mol. The van der Waals surface area contributed by atoms with Crippen LogP contribution in [0.5, 0.6) is 0 Å². The maximum Gasteiger partial charge on any atom is 0.408 e. The Hall–Kier alpha value is -4.04. The lowest BCUT2D eigenvalue weighted by atomic mass is 9.97. The number of carbonyl (C=O) groups is 3. The molecule has 1 aromatic heterocycles. The third kappa shape index (κ3) is 7.98. The number of carbonyl (C=O) groups excluding carboxylic acids is 3. The van der Waals surface area contributed by atoms with Crippen molar-refractivity contribution in [1.82, 2.24) is 20.8 Å². The molecule has 2 atom stereocenters. The van der Waals surface area contributed by atoms with E-state index in [1.807, 2.05) is 20.8 Å². The number of hydrogen-bond donors (Lipinski definition) is 2. The van der Waals surface area contributed by atoms with Crippen LogP contribution in [0.1, 0.15) is 59.9 Å². The maximum atomic E-state index is 15.6. The van der Waals surface area contributed by atoms with E-state index in [-0.39, 0.29) is 29.6 Å². The lowest BCUT2D eigenvalue weighted by molar-refractivity contribution is -0.128. The van der Waals surface area contributed by atoms with Gasteiger partial charge in [-0.05, 0) is 57.5 Å². The van der Waals surface area contributed by atoms with Gasteiger partial charge in [0.15, 0.2) is 9.84 Å². The Labute approximate surface area is 265 Å². The SMILES string of the molecule is C[C@H](NC(=O)OC(C)(C)C)C(=O)N[C@H]1CS(=O)(=O)c2cc(F)c(-c3nnc(C(C)(C)C)o3)cc2N(Cc2ccc(Cl)cc2)C1=O. The minimum absolute atomic E-state index is 0.140. The maximum absolute atomic E-state index is 15.6. The molecule has 3 amide bonds. The van der Waals surface area contributed by atoms with Crippen molar-refractivity contribution in [2.24, 2.45) is 0 Å². The molecule has 0 radical (unpaired) electrons. The molecule has 0 aliphatic carbocycles. The zero-order valence-corrected chi connectivity index (χ0v) is 27.5. The first-order valence-corrected chi connectivity index (χ1v) is 16.0. The van der Waals surface area contributed by atoms with E-state index < -0.39 is 67.3 Å². The highest BCUT2D eigenvalue weighted by molar-refractivity contribution is 7.91. The number of fused-ring (bicyclic) bond motifs is 1. The summed E-state index contributed by atoms with van der Waals surface area (Å²) < 4.78 is 53.8. The van der Waals surface area contributed by atoms with Gasteiger partial charge in [-0.25, -0.2) is 17.6 Å². The molecule has 0 fully saturated rings. The molecule has 4 rings (SSSR count). The van der Waals surface area contributed by atoms with Gasteiger partial charge in [0.1, 0.15) is 23.5 Å². The van der Waals surface area contributed by atoms with Crippen LogP contribution in [0.15, 0.2) is 45.7 Å². The number of aromatic nitrogens is 2. The first-order valence-electron chi connectivity index (χ1n) is 14.0. The molecule has 12 nitrogen and oxygen atoms in total. The van der Waals surface area contributed by atoms with E-state index in [1.54, 1.807) is 45.0 Å². The van der Waals surface area contributed by atoms with Crippen LogP contribution in [0.4, 0.5) is 14.9 Å². The molecule has 0 saturated heterocycles. The molecule has 242 valence electrons. The Morgan fingerprint density at radius 2 is 1.78 bits per heavy atom. The summed E-state index contributed by atoms with van der Waals surface area (Å²) >= 11 is 6.04. The minimum atomic E-state index is -4.37. The van der Waals surface area contributed by atoms with Crippen molar-refractivity contribution in [3.8, 4) is 11.5 Å². The van der Waals surface area contributed by atoms with Gasteiger partial charge in [0.25, 0.3) is 11.8 Å².